The van der Waals surface area contributed by atoms with E-state index in [1.165, 1.54) is 0 Å². The summed E-state index contributed by atoms with van der Waals surface area (Å²) in [5.74, 6) is 0.460. The van der Waals surface area contributed by atoms with Crippen molar-refractivity contribution in [1.29, 1.82) is 5.26 Å². The molecule has 0 amide bonds. The summed E-state index contributed by atoms with van der Waals surface area (Å²) in [5.41, 5.74) is 1.80. The molecule has 3 heteroatoms. The van der Waals surface area contributed by atoms with Crippen molar-refractivity contribution in [2.75, 3.05) is 13.1 Å². The van der Waals surface area contributed by atoms with Crippen LogP contribution in [0, 0.1) is 17.2 Å². The molecule has 0 spiro atoms. The lowest BCUT2D eigenvalue weighted by atomic mass is 9.94. The fourth-order valence-electron chi connectivity index (χ4n) is 2.54. The van der Waals surface area contributed by atoms with Crippen LogP contribution in [0.3, 0.4) is 0 Å². The summed E-state index contributed by atoms with van der Waals surface area (Å²) in [6.07, 6.45) is 2.07. The molecule has 1 aliphatic rings. The van der Waals surface area contributed by atoms with Crippen LogP contribution in [0.4, 0.5) is 0 Å². The number of ketones is 1. The smallest absolute Gasteiger partial charge is 0.134 e. The van der Waals surface area contributed by atoms with Crippen LogP contribution in [0.25, 0.3) is 0 Å². The SMILES string of the molecule is CC(=O)C1CCCN(Cc2ccccc2C#N)C1. The third-order valence-corrected chi connectivity index (χ3v) is 3.61. The number of hydrogen-bond donors (Lipinski definition) is 0. The summed E-state index contributed by atoms with van der Waals surface area (Å²) < 4.78 is 0. The molecule has 18 heavy (non-hydrogen) atoms. The van der Waals surface area contributed by atoms with Gasteiger partial charge in [-0.25, -0.2) is 0 Å². The molecule has 0 aromatic heterocycles. The van der Waals surface area contributed by atoms with Gasteiger partial charge in [0, 0.05) is 19.0 Å². The number of nitrogens with zero attached hydrogens (tertiary/aromatic N) is 2. The second-order valence-corrected chi connectivity index (χ2v) is 4.95. The Morgan fingerprint density at radius 2 is 2.28 bits per heavy atom. The first kappa shape index (κ1) is 12.8. The van der Waals surface area contributed by atoms with Crippen LogP contribution in [-0.4, -0.2) is 23.8 Å². The molecule has 0 N–H and O–H groups in total. The summed E-state index contributed by atoms with van der Waals surface area (Å²) in [6.45, 7) is 4.30. The van der Waals surface area contributed by atoms with Crippen molar-refractivity contribution >= 4 is 5.78 Å². The molecule has 0 radical (unpaired) electrons. The van der Waals surface area contributed by atoms with Gasteiger partial charge in [0.2, 0.25) is 0 Å². The highest BCUT2D eigenvalue weighted by Gasteiger charge is 2.23. The molecule has 1 saturated heterocycles. The Labute approximate surface area is 108 Å². The predicted molar refractivity (Wildman–Crippen MR) is 69.8 cm³/mol. The van der Waals surface area contributed by atoms with E-state index in [1.54, 1.807) is 6.92 Å². The molecule has 1 aromatic rings. The van der Waals surface area contributed by atoms with Gasteiger partial charge in [-0.1, -0.05) is 18.2 Å². The van der Waals surface area contributed by atoms with Crippen LogP contribution < -0.4 is 0 Å². The number of piperidine rings is 1. The van der Waals surface area contributed by atoms with Gasteiger partial charge in [-0.05, 0) is 37.9 Å². The normalized spacial score (nSPS) is 20.3. The van der Waals surface area contributed by atoms with Gasteiger partial charge >= 0.3 is 0 Å². The van der Waals surface area contributed by atoms with Crippen LogP contribution >= 0.6 is 0 Å². The van der Waals surface area contributed by atoms with Crippen LogP contribution in [0.1, 0.15) is 30.9 Å². The molecular formula is C15H18N2O. The number of rotatable bonds is 3. The van der Waals surface area contributed by atoms with E-state index in [2.05, 4.69) is 11.0 Å². The van der Waals surface area contributed by atoms with Crippen molar-refractivity contribution in [3.05, 3.63) is 35.4 Å². The lowest BCUT2D eigenvalue weighted by Gasteiger charge is -2.31. The number of carbonyl (C=O) groups is 1. The summed E-state index contributed by atoms with van der Waals surface area (Å²) >= 11 is 0. The Kier molecular flexibility index (Phi) is 4.11. The van der Waals surface area contributed by atoms with Gasteiger partial charge in [0.05, 0.1) is 11.6 Å². The van der Waals surface area contributed by atoms with E-state index < -0.39 is 0 Å². The Morgan fingerprint density at radius 1 is 1.50 bits per heavy atom. The highest BCUT2D eigenvalue weighted by atomic mass is 16.1. The zero-order valence-electron chi connectivity index (χ0n) is 10.7. The van der Waals surface area contributed by atoms with Gasteiger partial charge < -0.3 is 0 Å². The topological polar surface area (TPSA) is 44.1 Å². The standard InChI is InChI=1S/C15H18N2O/c1-12(18)14-7-4-8-17(10-14)11-15-6-3-2-5-13(15)9-16/h2-3,5-6,14H,4,7-8,10-11H2,1H3. The van der Waals surface area contributed by atoms with Crippen molar-refractivity contribution in [3.63, 3.8) is 0 Å². The number of Topliss-reactive ketones (excluding diaryl/α,β-unsaturated/α-hetero) is 1. The third-order valence-electron chi connectivity index (χ3n) is 3.61. The lowest BCUT2D eigenvalue weighted by molar-refractivity contribution is -0.122. The molecule has 94 valence electrons. The highest BCUT2D eigenvalue weighted by molar-refractivity contribution is 5.78. The molecule has 1 fully saturated rings. The van der Waals surface area contributed by atoms with E-state index in [4.69, 9.17) is 5.26 Å². The van der Waals surface area contributed by atoms with E-state index in [-0.39, 0.29) is 11.7 Å². The fourth-order valence-corrected chi connectivity index (χ4v) is 2.54. The second kappa shape index (κ2) is 5.79. The Balaban J connectivity index is 2.05. The largest absolute Gasteiger partial charge is 0.300 e. The number of likely N-dealkylation sites (tertiary alicyclic amines) is 1. The number of nitriles is 1. The summed E-state index contributed by atoms with van der Waals surface area (Å²) in [5, 5.41) is 9.07. The highest BCUT2D eigenvalue weighted by Crippen LogP contribution is 2.20. The average molecular weight is 242 g/mol. The van der Waals surface area contributed by atoms with E-state index in [0.717, 1.165) is 43.6 Å². The zero-order chi connectivity index (χ0) is 13.0. The van der Waals surface area contributed by atoms with E-state index in [9.17, 15) is 4.79 Å². The maximum absolute atomic E-state index is 11.4. The number of hydrogen-bond acceptors (Lipinski definition) is 3. The molecular weight excluding hydrogens is 224 g/mol. The minimum absolute atomic E-state index is 0.174. The second-order valence-electron chi connectivity index (χ2n) is 4.95. The quantitative estimate of drug-likeness (QED) is 0.817. The van der Waals surface area contributed by atoms with Crippen molar-refractivity contribution in [3.8, 4) is 6.07 Å². The van der Waals surface area contributed by atoms with Crippen molar-refractivity contribution in [2.24, 2.45) is 5.92 Å². The Hall–Kier alpha value is -1.66. The molecule has 1 atom stereocenters. The van der Waals surface area contributed by atoms with Crippen molar-refractivity contribution in [2.45, 2.75) is 26.3 Å². The third kappa shape index (κ3) is 2.96. The van der Waals surface area contributed by atoms with Crippen LogP contribution in [0.2, 0.25) is 0 Å². The number of carbonyl (C=O) groups excluding carboxylic acids is 1. The van der Waals surface area contributed by atoms with E-state index in [1.807, 2.05) is 24.3 Å². The van der Waals surface area contributed by atoms with Crippen molar-refractivity contribution < 1.29 is 4.79 Å². The van der Waals surface area contributed by atoms with Crippen LogP contribution in [0.15, 0.2) is 24.3 Å². The summed E-state index contributed by atoms with van der Waals surface area (Å²) in [4.78, 5) is 13.7. The zero-order valence-corrected chi connectivity index (χ0v) is 10.7. The average Bonchev–Trinajstić information content (AvgIpc) is 2.39. The molecule has 1 heterocycles. The maximum atomic E-state index is 11.4. The van der Waals surface area contributed by atoms with Gasteiger partial charge in [-0.3, -0.25) is 9.69 Å². The lowest BCUT2D eigenvalue weighted by Crippen LogP contribution is -2.37. The maximum Gasteiger partial charge on any atom is 0.134 e. The minimum atomic E-state index is 0.174. The van der Waals surface area contributed by atoms with Crippen LogP contribution in [-0.2, 0) is 11.3 Å². The molecule has 1 unspecified atom stereocenters. The van der Waals surface area contributed by atoms with Crippen molar-refractivity contribution in [1.82, 2.24) is 4.90 Å². The minimum Gasteiger partial charge on any atom is -0.300 e. The van der Waals surface area contributed by atoms with Gasteiger partial charge in [0.1, 0.15) is 5.78 Å². The molecule has 3 nitrogen and oxygen atoms in total. The number of benzene rings is 1. The van der Waals surface area contributed by atoms with Gasteiger partial charge in [-0.15, -0.1) is 0 Å². The summed E-state index contributed by atoms with van der Waals surface area (Å²) in [7, 11) is 0. The predicted octanol–water partition coefficient (Wildman–Crippen LogP) is 2.36. The van der Waals surface area contributed by atoms with Gasteiger partial charge in [-0.2, -0.15) is 5.26 Å². The first-order chi connectivity index (χ1) is 8.70. The van der Waals surface area contributed by atoms with Crippen LogP contribution in [0.5, 0.6) is 0 Å². The van der Waals surface area contributed by atoms with Gasteiger partial charge in [0.25, 0.3) is 0 Å². The molecule has 0 bridgehead atoms. The molecule has 0 saturated carbocycles. The fraction of sp³-hybridized carbons (Fsp3) is 0.467. The molecule has 1 aromatic carbocycles. The first-order valence-corrected chi connectivity index (χ1v) is 6.41. The molecule has 1 aliphatic heterocycles. The first-order valence-electron chi connectivity index (χ1n) is 6.41. The monoisotopic (exact) mass is 242 g/mol. The molecule has 0 aliphatic carbocycles. The van der Waals surface area contributed by atoms with E-state index >= 15 is 0 Å². The molecule has 2 rings (SSSR count). The Morgan fingerprint density at radius 3 is 3.00 bits per heavy atom. The van der Waals surface area contributed by atoms with Gasteiger partial charge in [0.15, 0.2) is 0 Å². The van der Waals surface area contributed by atoms with E-state index in [0.29, 0.717) is 0 Å². The Bertz CT molecular complexity index is 476. The summed E-state index contributed by atoms with van der Waals surface area (Å²) in [6, 6.07) is 9.92.